The van der Waals surface area contributed by atoms with Crippen molar-refractivity contribution in [2.24, 2.45) is 0 Å². The number of carbonyl (C=O) groups excluding carboxylic acids is 1. The Balaban J connectivity index is 2.22. The summed E-state index contributed by atoms with van der Waals surface area (Å²) in [6.07, 6.45) is 0.942. The lowest BCUT2D eigenvalue weighted by Gasteiger charge is -2.16. The topological polar surface area (TPSA) is 65.4 Å². The van der Waals surface area contributed by atoms with Gasteiger partial charge >= 0.3 is 0 Å². The van der Waals surface area contributed by atoms with Gasteiger partial charge in [0.2, 0.25) is 5.91 Å². The number of carbonyl (C=O) groups is 1. The number of amides is 1. The van der Waals surface area contributed by atoms with Gasteiger partial charge in [-0.2, -0.15) is 5.26 Å². The van der Waals surface area contributed by atoms with Crippen LogP contribution in [0.4, 0.5) is 0 Å². The summed E-state index contributed by atoms with van der Waals surface area (Å²) in [7, 11) is 1.88. The third-order valence-electron chi connectivity index (χ3n) is 2.71. The number of nitriles is 1. The van der Waals surface area contributed by atoms with Gasteiger partial charge in [-0.05, 0) is 37.7 Å². The smallest absolute Gasteiger partial charge is 0.234 e. The second-order valence-electron chi connectivity index (χ2n) is 4.57. The first-order valence-electron chi connectivity index (χ1n) is 6.74. The number of hydrogen-bond donors (Lipinski definition) is 1. The van der Waals surface area contributed by atoms with E-state index in [1.165, 1.54) is 0 Å². The van der Waals surface area contributed by atoms with Crippen molar-refractivity contribution in [1.82, 2.24) is 10.2 Å². The Hall–Kier alpha value is -2.06. The third-order valence-corrected chi connectivity index (χ3v) is 2.71. The lowest BCUT2D eigenvalue weighted by atomic mass is 10.2. The van der Waals surface area contributed by atoms with Gasteiger partial charge in [-0.25, -0.2) is 0 Å². The van der Waals surface area contributed by atoms with Crippen molar-refractivity contribution in [3.63, 3.8) is 0 Å². The van der Waals surface area contributed by atoms with E-state index in [0.717, 1.165) is 12.2 Å². The molecule has 0 spiro atoms. The van der Waals surface area contributed by atoms with Gasteiger partial charge in [-0.15, -0.1) is 0 Å². The number of hydrogen-bond acceptors (Lipinski definition) is 4. The monoisotopic (exact) mass is 275 g/mol. The molecule has 0 unspecified atom stereocenters. The molecule has 0 heterocycles. The highest BCUT2D eigenvalue weighted by atomic mass is 16.5. The molecule has 20 heavy (non-hydrogen) atoms. The van der Waals surface area contributed by atoms with E-state index < -0.39 is 0 Å². The summed E-state index contributed by atoms with van der Waals surface area (Å²) in [4.78, 5) is 13.4. The normalized spacial score (nSPS) is 10.1. The molecule has 1 aromatic rings. The number of rotatable bonds is 8. The number of benzene rings is 1. The molecule has 0 saturated heterocycles. The van der Waals surface area contributed by atoms with E-state index in [0.29, 0.717) is 31.8 Å². The molecule has 0 aliphatic rings. The van der Waals surface area contributed by atoms with Crippen LogP contribution < -0.4 is 10.1 Å². The first-order chi connectivity index (χ1) is 9.65. The molecule has 1 aromatic carbocycles. The van der Waals surface area contributed by atoms with Gasteiger partial charge in [-0.1, -0.05) is 6.92 Å². The molecule has 108 valence electrons. The zero-order valence-electron chi connectivity index (χ0n) is 12.1. The van der Waals surface area contributed by atoms with Gasteiger partial charge in [0.15, 0.2) is 0 Å². The zero-order valence-corrected chi connectivity index (χ0v) is 12.1. The van der Waals surface area contributed by atoms with Gasteiger partial charge in [0.1, 0.15) is 12.4 Å². The van der Waals surface area contributed by atoms with Gasteiger partial charge in [-0.3, -0.25) is 9.69 Å². The fraction of sp³-hybridized carbons (Fsp3) is 0.467. The Kier molecular flexibility index (Phi) is 7.15. The van der Waals surface area contributed by atoms with Crippen LogP contribution in [0.25, 0.3) is 0 Å². The fourth-order valence-corrected chi connectivity index (χ4v) is 1.59. The van der Waals surface area contributed by atoms with E-state index in [4.69, 9.17) is 10.00 Å². The van der Waals surface area contributed by atoms with E-state index in [9.17, 15) is 4.79 Å². The summed E-state index contributed by atoms with van der Waals surface area (Å²) in [5, 5.41) is 11.5. The molecule has 0 fully saturated rings. The Morgan fingerprint density at radius 3 is 2.70 bits per heavy atom. The molecule has 0 aromatic heterocycles. The Labute approximate surface area is 120 Å². The highest BCUT2D eigenvalue weighted by Gasteiger charge is 2.05. The molecule has 1 amide bonds. The highest BCUT2D eigenvalue weighted by Crippen LogP contribution is 2.11. The molecule has 0 aliphatic carbocycles. The average Bonchev–Trinajstić information content (AvgIpc) is 2.45. The molecular formula is C15H21N3O2. The predicted molar refractivity (Wildman–Crippen MR) is 77.4 cm³/mol. The van der Waals surface area contributed by atoms with Crippen LogP contribution in [0.3, 0.4) is 0 Å². The molecule has 1 rings (SSSR count). The Morgan fingerprint density at radius 1 is 1.40 bits per heavy atom. The van der Waals surface area contributed by atoms with Crippen LogP contribution >= 0.6 is 0 Å². The largest absolute Gasteiger partial charge is 0.492 e. The summed E-state index contributed by atoms with van der Waals surface area (Å²) >= 11 is 0. The minimum atomic E-state index is 0.0349. The van der Waals surface area contributed by atoms with Crippen LogP contribution in [-0.2, 0) is 4.79 Å². The highest BCUT2D eigenvalue weighted by molar-refractivity contribution is 5.77. The molecule has 5 heteroatoms. The molecular weight excluding hydrogens is 254 g/mol. The van der Waals surface area contributed by atoms with Crippen LogP contribution in [0.15, 0.2) is 24.3 Å². The number of nitrogens with zero attached hydrogens (tertiary/aromatic N) is 2. The van der Waals surface area contributed by atoms with Gasteiger partial charge < -0.3 is 10.1 Å². The molecule has 0 radical (unpaired) electrons. The van der Waals surface area contributed by atoms with Crippen LogP contribution in [0.1, 0.15) is 18.9 Å². The summed E-state index contributed by atoms with van der Waals surface area (Å²) in [6, 6.07) is 9.04. The molecule has 0 aliphatic heterocycles. The predicted octanol–water partition coefficient (Wildman–Crippen LogP) is 1.40. The van der Waals surface area contributed by atoms with Crippen molar-refractivity contribution in [2.75, 3.05) is 33.3 Å². The molecule has 1 N–H and O–H groups in total. The van der Waals surface area contributed by atoms with Crippen LogP contribution in [0.5, 0.6) is 5.75 Å². The molecule has 0 atom stereocenters. The van der Waals surface area contributed by atoms with Gasteiger partial charge in [0.25, 0.3) is 0 Å². The second kappa shape index (κ2) is 8.94. The maximum Gasteiger partial charge on any atom is 0.234 e. The fourth-order valence-electron chi connectivity index (χ4n) is 1.59. The lowest BCUT2D eigenvalue weighted by molar-refractivity contribution is -0.122. The standard InChI is InChI=1S/C15H21N3O2/c1-3-8-17-15(19)12-18(2)9-10-20-14-6-4-13(11-16)5-7-14/h4-7H,3,8-10,12H2,1-2H3,(H,17,19). The summed E-state index contributed by atoms with van der Waals surface area (Å²) < 4.78 is 5.56. The van der Waals surface area contributed by atoms with Gasteiger partial charge in [0, 0.05) is 13.1 Å². The number of ether oxygens (including phenoxy) is 1. The van der Waals surface area contributed by atoms with Crippen molar-refractivity contribution in [3.05, 3.63) is 29.8 Å². The Morgan fingerprint density at radius 2 is 2.10 bits per heavy atom. The Bertz CT molecular complexity index is 451. The quantitative estimate of drug-likeness (QED) is 0.778. The summed E-state index contributed by atoms with van der Waals surface area (Å²) in [5.74, 6) is 0.764. The van der Waals surface area contributed by atoms with Crippen LogP contribution in [0.2, 0.25) is 0 Å². The minimum Gasteiger partial charge on any atom is -0.492 e. The lowest BCUT2D eigenvalue weighted by Crippen LogP contribution is -2.37. The zero-order chi connectivity index (χ0) is 14.8. The number of nitrogens with one attached hydrogen (secondary N) is 1. The van der Waals surface area contributed by atoms with Crippen LogP contribution in [-0.4, -0.2) is 44.1 Å². The van der Waals surface area contributed by atoms with E-state index in [-0.39, 0.29) is 5.91 Å². The molecule has 0 bridgehead atoms. The van der Waals surface area contributed by atoms with Crippen molar-refractivity contribution >= 4 is 5.91 Å². The average molecular weight is 275 g/mol. The van der Waals surface area contributed by atoms with E-state index in [1.807, 2.05) is 18.9 Å². The first kappa shape index (κ1) is 16.0. The first-order valence-corrected chi connectivity index (χ1v) is 6.74. The molecule has 0 saturated carbocycles. The van der Waals surface area contributed by atoms with Crippen molar-refractivity contribution in [1.29, 1.82) is 5.26 Å². The van der Waals surface area contributed by atoms with E-state index >= 15 is 0 Å². The van der Waals surface area contributed by atoms with E-state index in [2.05, 4.69) is 11.4 Å². The van der Waals surface area contributed by atoms with Gasteiger partial charge in [0.05, 0.1) is 18.2 Å². The SMILES string of the molecule is CCCNC(=O)CN(C)CCOc1ccc(C#N)cc1. The summed E-state index contributed by atoms with van der Waals surface area (Å²) in [5.41, 5.74) is 0.613. The maximum atomic E-state index is 11.5. The van der Waals surface area contributed by atoms with Crippen LogP contribution in [0, 0.1) is 11.3 Å². The van der Waals surface area contributed by atoms with E-state index in [1.54, 1.807) is 24.3 Å². The minimum absolute atomic E-state index is 0.0349. The maximum absolute atomic E-state index is 11.5. The van der Waals surface area contributed by atoms with Crippen molar-refractivity contribution in [2.45, 2.75) is 13.3 Å². The van der Waals surface area contributed by atoms with Crippen molar-refractivity contribution < 1.29 is 9.53 Å². The second-order valence-corrected chi connectivity index (χ2v) is 4.57. The summed E-state index contributed by atoms with van der Waals surface area (Å²) in [6.45, 7) is 4.28. The third kappa shape index (κ3) is 6.21. The number of likely N-dealkylation sites (N-methyl/N-ethyl adjacent to an activating group) is 1. The van der Waals surface area contributed by atoms with Crippen molar-refractivity contribution in [3.8, 4) is 11.8 Å². The molecule has 5 nitrogen and oxygen atoms in total.